The summed E-state index contributed by atoms with van der Waals surface area (Å²) in [5.41, 5.74) is 0. The van der Waals surface area contributed by atoms with Gasteiger partial charge in [-0.05, 0) is 6.42 Å². The molecule has 59 valence electrons. The van der Waals surface area contributed by atoms with Crippen LogP contribution in [0.15, 0.2) is 0 Å². The molecule has 2 heteroatoms. The summed E-state index contributed by atoms with van der Waals surface area (Å²) in [5.74, 6) is 0.143. The van der Waals surface area contributed by atoms with Crippen LogP contribution < -0.4 is 0 Å². The molecule has 0 aromatic heterocycles. The van der Waals surface area contributed by atoms with Gasteiger partial charge in [0.05, 0.1) is 0 Å². The Bertz CT molecular complexity index is 101. The SMILES string of the molecule is [CH2]CCCCN(C)C(C)=O. The number of rotatable bonds is 4. The topological polar surface area (TPSA) is 20.3 Å². The monoisotopic (exact) mass is 142 g/mol. The third-order valence-corrected chi connectivity index (χ3v) is 1.53. The molecule has 0 fully saturated rings. The van der Waals surface area contributed by atoms with E-state index in [-0.39, 0.29) is 5.91 Å². The largest absolute Gasteiger partial charge is 0.346 e. The summed E-state index contributed by atoms with van der Waals surface area (Å²) in [7, 11) is 1.82. The molecule has 0 atom stereocenters. The fourth-order valence-corrected chi connectivity index (χ4v) is 0.683. The van der Waals surface area contributed by atoms with Gasteiger partial charge >= 0.3 is 0 Å². The fourth-order valence-electron chi connectivity index (χ4n) is 0.683. The molecule has 0 aliphatic rings. The quantitative estimate of drug-likeness (QED) is 0.544. The van der Waals surface area contributed by atoms with E-state index in [2.05, 4.69) is 6.92 Å². The predicted molar refractivity (Wildman–Crippen MR) is 42.5 cm³/mol. The van der Waals surface area contributed by atoms with E-state index in [0.29, 0.717) is 0 Å². The molecule has 0 aliphatic carbocycles. The third kappa shape index (κ3) is 4.36. The van der Waals surface area contributed by atoms with Gasteiger partial charge in [0.1, 0.15) is 0 Å². The Morgan fingerprint density at radius 1 is 1.50 bits per heavy atom. The number of hydrogen-bond acceptors (Lipinski definition) is 1. The molecule has 10 heavy (non-hydrogen) atoms. The van der Waals surface area contributed by atoms with Crippen molar-refractivity contribution < 1.29 is 4.79 Å². The normalized spacial score (nSPS) is 9.50. The first-order valence-corrected chi connectivity index (χ1v) is 3.69. The molecule has 0 unspecified atom stereocenters. The molecule has 0 aromatic rings. The van der Waals surface area contributed by atoms with Crippen molar-refractivity contribution in [3.05, 3.63) is 6.92 Å². The number of amides is 1. The molecule has 0 saturated heterocycles. The highest BCUT2D eigenvalue weighted by molar-refractivity contribution is 5.72. The molecule has 0 bridgehead atoms. The second-order valence-corrected chi connectivity index (χ2v) is 2.50. The van der Waals surface area contributed by atoms with Gasteiger partial charge in [0.15, 0.2) is 0 Å². The van der Waals surface area contributed by atoms with Crippen LogP contribution in [0.3, 0.4) is 0 Å². The van der Waals surface area contributed by atoms with Crippen LogP contribution in [-0.2, 0) is 4.79 Å². The predicted octanol–water partition coefficient (Wildman–Crippen LogP) is 1.47. The van der Waals surface area contributed by atoms with Gasteiger partial charge in [-0.25, -0.2) is 0 Å². The van der Waals surface area contributed by atoms with Crippen LogP contribution in [0.4, 0.5) is 0 Å². The highest BCUT2D eigenvalue weighted by atomic mass is 16.2. The van der Waals surface area contributed by atoms with E-state index in [1.165, 1.54) is 0 Å². The Kier molecular flexibility index (Phi) is 4.99. The van der Waals surface area contributed by atoms with Crippen molar-refractivity contribution in [2.24, 2.45) is 0 Å². The zero-order valence-electron chi connectivity index (χ0n) is 6.89. The van der Waals surface area contributed by atoms with Crippen molar-refractivity contribution in [1.82, 2.24) is 4.90 Å². The Morgan fingerprint density at radius 2 is 2.10 bits per heavy atom. The van der Waals surface area contributed by atoms with Crippen LogP contribution in [-0.4, -0.2) is 24.4 Å². The van der Waals surface area contributed by atoms with Crippen LogP contribution in [0.25, 0.3) is 0 Å². The third-order valence-electron chi connectivity index (χ3n) is 1.53. The van der Waals surface area contributed by atoms with E-state index >= 15 is 0 Å². The first-order valence-electron chi connectivity index (χ1n) is 3.69. The molecule has 0 aromatic carbocycles. The number of carbonyl (C=O) groups is 1. The van der Waals surface area contributed by atoms with Gasteiger partial charge in [-0.2, -0.15) is 0 Å². The Labute approximate surface area is 63.2 Å². The molecule has 1 amide bonds. The van der Waals surface area contributed by atoms with Crippen molar-refractivity contribution in [2.75, 3.05) is 13.6 Å². The van der Waals surface area contributed by atoms with E-state index in [4.69, 9.17) is 0 Å². The van der Waals surface area contributed by atoms with Crippen LogP contribution in [0.2, 0.25) is 0 Å². The summed E-state index contributed by atoms with van der Waals surface area (Å²) < 4.78 is 0. The lowest BCUT2D eigenvalue weighted by Crippen LogP contribution is -2.24. The Hall–Kier alpha value is -0.530. The highest BCUT2D eigenvalue weighted by Crippen LogP contribution is 1.95. The molecule has 0 aliphatic heterocycles. The first-order chi connectivity index (χ1) is 4.68. The van der Waals surface area contributed by atoms with Gasteiger partial charge in [-0.15, -0.1) is 0 Å². The van der Waals surface area contributed by atoms with Crippen LogP contribution in [0, 0.1) is 6.92 Å². The van der Waals surface area contributed by atoms with Crippen molar-refractivity contribution in [3.63, 3.8) is 0 Å². The van der Waals surface area contributed by atoms with E-state index in [1.807, 2.05) is 7.05 Å². The molecule has 0 spiro atoms. The molecule has 0 saturated carbocycles. The van der Waals surface area contributed by atoms with Gasteiger partial charge in [0.25, 0.3) is 0 Å². The second-order valence-electron chi connectivity index (χ2n) is 2.50. The van der Waals surface area contributed by atoms with Gasteiger partial charge in [-0.3, -0.25) is 4.79 Å². The lowest BCUT2D eigenvalue weighted by atomic mass is 10.2. The van der Waals surface area contributed by atoms with Gasteiger partial charge < -0.3 is 4.90 Å². The average Bonchev–Trinajstić information content (AvgIpc) is 1.88. The van der Waals surface area contributed by atoms with Gasteiger partial charge in [-0.1, -0.05) is 19.8 Å². The summed E-state index contributed by atoms with van der Waals surface area (Å²) in [4.78, 5) is 12.4. The van der Waals surface area contributed by atoms with Crippen molar-refractivity contribution in [3.8, 4) is 0 Å². The molecule has 2 nitrogen and oxygen atoms in total. The Balaban J connectivity index is 3.21. The van der Waals surface area contributed by atoms with E-state index in [9.17, 15) is 4.79 Å². The maximum absolute atomic E-state index is 10.6. The van der Waals surface area contributed by atoms with Gasteiger partial charge in [0.2, 0.25) is 5.91 Å². The number of unbranched alkanes of at least 4 members (excludes halogenated alkanes) is 2. The van der Waals surface area contributed by atoms with E-state index in [0.717, 1.165) is 25.8 Å². The van der Waals surface area contributed by atoms with Crippen LogP contribution in [0.1, 0.15) is 26.2 Å². The van der Waals surface area contributed by atoms with E-state index < -0.39 is 0 Å². The fraction of sp³-hybridized carbons (Fsp3) is 0.750. The van der Waals surface area contributed by atoms with Crippen LogP contribution >= 0.6 is 0 Å². The number of nitrogens with zero attached hydrogens (tertiary/aromatic N) is 1. The molecule has 0 rings (SSSR count). The minimum atomic E-state index is 0.143. The smallest absolute Gasteiger partial charge is 0.219 e. The average molecular weight is 142 g/mol. The number of hydrogen-bond donors (Lipinski definition) is 0. The number of carbonyl (C=O) groups excluding carboxylic acids is 1. The summed E-state index contributed by atoms with van der Waals surface area (Å²) in [6.07, 6.45) is 3.14. The minimum Gasteiger partial charge on any atom is -0.346 e. The summed E-state index contributed by atoms with van der Waals surface area (Å²) in [6.45, 7) is 6.18. The first kappa shape index (κ1) is 9.47. The molecular weight excluding hydrogens is 126 g/mol. The maximum Gasteiger partial charge on any atom is 0.219 e. The maximum atomic E-state index is 10.6. The van der Waals surface area contributed by atoms with E-state index in [1.54, 1.807) is 11.8 Å². The van der Waals surface area contributed by atoms with Crippen LogP contribution in [0.5, 0.6) is 0 Å². The lowest BCUT2D eigenvalue weighted by Gasteiger charge is -2.13. The minimum absolute atomic E-state index is 0.143. The second kappa shape index (κ2) is 5.27. The van der Waals surface area contributed by atoms with Crippen molar-refractivity contribution in [2.45, 2.75) is 26.2 Å². The molecule has 0 heterocycles. The zero-order valence-corrected chi connectivity index (χ0v) is 6.89. The molecule has 1 radical (unpaired) electrons. The summed E-state index contributed by atoms with van der Waals surface area (Å²) in [5, 5.41) is 0. The zero-order chi connectivity index (χ0) is 7.98. The Morgan fingerprint density at radius 3 is 2.50 bits per heavy atom. The molecular formula is C8H16NO. The molecule has 0 N–H and O–H groups in total. The highest BCUT2D eigenvalue weighted by Gasteiger charge is 1.98. The van der Waals surface area contributed by atoms with Crippen molar-refractivity contribution >= 4 is 5.91 Å². The summed E-state index contributed by atoms with van der Waals surface area (Å²) >= 11 is 0. The van der Waals surface area contributed by atoms with Crippen molar-refractivity contribution in [1.29, 1.82) is 0 Å². The summed E-state index contributed by atoms with van der Waals surface area (Å²) in [6, 6.07) is 0. The lowest BCUT2D eigenvalue weighted by molar-refractivity contribution is -0.127. The van der Waals surface area contributed by atoms with Gasteiger partial charge in [0, 0.05) is 20.5 Å². The standard InChI is InChI=1S/C8H16NO/c1-4-5-6-7-9(3)8(2)10/h1,4-7H2,2-3H3.